The molecule has 120 valence electrons. The highest BCUT2D eigenvalue weighted by molar-refractivity contribution is 4.99. The van der Waals surface area contributed by atoms with E-state index in [2.05, 4.69) is 0 Å². The van der Waals surface area contributed by atoms with Gasteiger partial charge in [0.15, 0.2) is 0 Å². The third-order valence-electron chi connectivity index (χ3n) is 1.01. The highest BCUT2D eigenvalue weighted by Crippen LogP contribution is 2.32. The summed E-state index contributed by atoms with van der Waals surface area (Å²) < 4.78 is 53.0. The van der Waals surface area contributed by atoms with Crippen LogP contribution in [0.1, 0.15) is 0 Å². The van der Waals surface area contributed by atoms with Crippen molar-refractivity contribution in [3.8, 4) is 0 Å². The predicted molar refractivity (Wildman–Crippen MR) is 52.2 cm³/mol. The van der Waals surface area contributed by atoms with E-state index in [4.69, 9.17) is 5.11 Å². The molecule has 11 heteroatoms. The van der Waals surface area contributed by atoms with Gasteiger partial charge < -0.3 is 5.11 Å². The van der Waals surface area contributed by atoms with Crippen LogP contribution in [0.4, 0.5) is 45.5 Å². The lowest BCUT2D eigenvalue weighted by molar-refractivity contribution is -0.374. The van der Waals surface area contributed by atoms with Crippen molar-refractivity contribution >= 4 is 0 Å². The van der Waals surface area contributed by atoms with E-state index in [0.29, 0.717) is 0 Å². The van der Waals surface area contributed by atoms with Crippen LogP contribution < -0.4 is 0 Å². The molecule has 0 aliphatic heterocycles. The molecule has 1 rings (SSSR count). The van der Waals surface area contributed by atoms with Crippen LogP contribution in [0.2, 0.25) is 0 Å². The number of hydrogen-bond donors (Lipinski definition) is 1. The van der Waals surface area contributed by atoms with E-state index < -0.39 is 12.3 Å². The lowest BCUT2D eigenvalue weighted by Crippen LogP contribution is -2.35. The third-order valence-corrected chi connectivity index (χ3v) is 1.01. The number of benzene rings is 1. The fraction of sp³-hybridized carbons (Fsp3) is 0.250. The van der Waals surface area contributed by atoms with Gasteiger partial charge in [0.05, 0.1) is 0 Å². The summed E-state index contributed by atoms with van der Waals surface area (Å²) in [6.45, 7) is 0. The first kappa shape index (κ1) is 36.0. The molecule has 0 bridgehead atoms. The van der Waals surface area contributed by atoms with Gasteiger partial charge in [-0.2, -0.15) is 22.0 Å². The van der Waals surface area contributed by atoms with Crippen molar-refractivity contribution in [2.24, 2.45) is 0 Å². The van der Waals surface area contributed by atoms with Gasteiger partial charge in [0.25, 0.3) is 0 Å². The molecule has 0 saturated heterocycles. The topological polar surface area (TPSA) is 20.2 Å². The first-order valence-electron chi connectivity index (χ1n) is 3.42. The van der Waals surface area contributed by atoms with Gasteiger partial charge >= 0.3 is 12.3 Å². The number of halogens is 10. The Morgan fingerprint density at radius 3 is 0.684 bits per heavy atom. The van der Waals surface area contributed by atoms with Crippen LogP contribution in [0, 0.1) is 0 Å². The Labute approximate surface area is 100 Å². The zero-order valence-corrected chi connectivity index (χ0v) is 8.84. The summed E-state index contributed by atoms with van der Waals surface area (Å²) in [5.74, 6) is 0. The van der Waals surface area contributed by atoms with Crippen LogP contribution in [-0.4, -0.2) is 17.4 Å². The van der Waals surface area contributed by atoms with Gasteiger partial charge in [-0.05, 0) is 0 Å². The molecule has 0 aromatic heterocycles. The number of hydrogen-bond acceptors (Lipinski definition) is 1. The molecule has 1 aromatic carbocycles. The monoisotopic (exact) mass is 314 g/mol. The fourth-order valence-corrected chi connectivity index (χ4v) is 0.385. The van der Waals surface area contributed by atoms with Gasteiger partial charge in [-0.1, -0.05) is 36.4 Å². The van der Waals surface area contributed by atoms with Gasteiger partial charge in [0, 0.05) is 0 Å². The van der Waals surface area contributed by atoms with E-state index in [1.807, 2.05) is 36.4 Å². The first-order valence-corrected chi connectivity index (χ1v) is 3.42. The predicted octanol–water partition coefficient (Wildman–Crippen LogP) is 3.58. The van der Waals surface area contributed by atoms with Crippen LogP contribution in [0.15, 0.2) is 36.4 Å². The Kier molecular flexibility index (Phi) is 27.6. The van der Waals surface area contributed by atoms with Crippen molar-refractivity contribution in [1.29, 1.82) is 0 Å². The normalized spacial score (nSPS) is 8.53. The van der Waals surface area contributed by atoms with Crippen LogP contribution in [0.25, 0.3) is 0 Å². The minimum absolute atomic E-state index is 0. The molecule has 0 spiro atoms. The second-order valence-electron chi connectivity index (χ2n) is 2.19. The maximum atomic E-state index is 10.7. The summed E-state index contributed by atoms with van der Waals surface area (Å²) in [6.07, 6.45) is -11.4. The Balaban J connectivity index is -0.0000000357. The molecule has 0 unspecified atom stereocenters. The largest absolute Gasteiger partial charge is 0.482 e. The van der Waals surface area contributed by atoms with E-state index in [-0.39, 0.29) is 23.5 Å². The molecule has 1 N–H and O–H groups in total. The van der Waals surface area contributed by atoms with E-state index in [9.17, 15) is 22.0 Å². The Hall–Kier alpha value is -1.52. The fourth-order valence-electron chi connectivity index (χ4n) is 0.385. The maximum Gasteiger partial charge on any atom is 0.482 e. The Morgan fingerprint density at radius 1 is 0.526 bits per heavy atom. The molecular weight excluding hydrogens is 302 g/mol. The van der Waals surface area contributed by atoms with Gasteiger partial charge in [-0.15, -0.1) is 0 Å². The van der Waals surface area contributed by atoms with Gasteiger partial charge in [-0.25, -0.2) is 0 Å². The molecule has 19 heavy (non-hydrogen) atoms. The molecule has 0 heterocycles. The molecule has 0 amide bonds. The van der Waals surface area contributed by atoms with E-state index in [1.165, 1.54) is 0 Å². The lowest BCUT2D eigenvalue weighted by Gasteiger charge is -2.10. The first-order chi connectivity index (χ1) is 6.25. The van der Waals surface area contributed by atoms with Crippen molar-refractivity contribution in [2.45, 2.75) is 12.3 Å². The van der Waals surface area contributed by atoms with E-state index in [1.54, 1.807) is 0 Å². The summed E-state index contributed by atoms with van der Waals surface area (Å²) in [4.78, 5) is 0. The lowest BCUT2D eigenvalue weighted by atomic mass is 10.4. The summed E-state index contributed by atoms with van der Waals surface area (Å²) in [5.41, 5.74) is 0. The van der Waals surface area contributed by atoms with Crippen molar-refractivity contribution < 1.29 is 50.6 Å². The Morgan fingerprint density at radius 2 is 0.632 bits per heavy atom. The summed E-state index contributed by atoms with van der Waals surface area (Å²) in [7, 11) is 0. The van der Waals surface area contributed by atoms with E-state index >= 15 is 0 Å². The summed E-state index contributed by atoms with van der Waals surface area (Å²) >= 11 is 0. The minimum Gasteiger partial charge on any atom is -0.329 e. The highest BCUT2D eigenvalue weighted by atomic mass is 19.4. The van der Waals surface area contributed by atoms with Crippen LogP contribution in [0.3, 0.4) is 0 Å². The molecule has 0 atom stereocenters. The van der Waals surface area contributed by atoms with Crippen molar-refractivity contribution in [3.63, 3.8) is 0 Å². The van der Waals surface area contributed by atoms with Crippen molar-refractivity contribution in [1.82, 2.24) is 0 Å². The van der Waals surface area contributed by atoms with Gasteiger partial charge in [0.1, 0.15) is 0 Å². The average molecular weight is 314 g/mol. The molecule has 0 saturated carbocycles. The van der Waals surface area contributed by atoms with Crippen molar-refractivity contribution in [3.05, 3.63) is 36.4 Å². The average Bonchev–Trinajstić information content (AvgIpc) is 2.05. The summed E-state index contributed by atoms with van der Waals surface area (Å²) in [5, 5.41) is 6.90. The van der Waals surface area contributed by atoms with Gasteiger partial charge in [-0.3, -0.25) is 23.5 Å². The summed E-state index contributed by atoms with van der Waals surface area (Å²) in [6, 6.07) is 12.0. The van der Waals surface area contributed by atoms with Gasteiger partial charge in [0.2, 0.25) is 0 Å². The van der Waals surface area contributed by atoms with E-state index in [0.717, 1.165) is 0 Å². The standard InChI is InChI=1S/C6H6.C2HF5O.5FH/c1-2-4-6-5-3-1;3-1(4,5)2(6,7)8;;;;;/h1-6H;8H;5*1H. The zero-order valence-electron chi connectivity index (χ0n) is 8.84. The zero-order chi connectivity index (χ0) is 11.2. The second-order valence-corrected chi connectivity index (χ2v) is 2.19. The third kappa shape index (κ3) is 19.0. The van der Waals surface area contributed by atoms with Crippen LogP contribution in [0.5, 0.6) is 0 Å². The SMILES string of the molecule is F.F.F.F.F.OC(F)(F)C(F)(F)F.c1ccccc1. The van der Waals surface area contributed by atoms with Crippen LogP contribution in [-0.2, 0) is 0 Å². The maximum absolute atomic E-state index is 10.7. The number of rotatable bonds is 0. The second kappa shape index (κ2) is 14.5. The molecule has 0 aliphatic carbocycles. The number of alkyl halides is 5. The highest BCUT2D eigenvalue weighted by Gasteiger charge is 2.56. The quantitative estimate of drug-likeness (QED) is 0.726. The van der Waals surface area contributed by atoms with Crippen LogP contribution >= 0.6 is 0 Å². The number of aliphatic hydroxyl groups is 1. The van der Waals surface area contributed by atoms with Crippen molar-refractivity contribution in [2.75, 3.05) is 0 Å². The molecule has 0 fully saturated rings. The minimum atomic E-state index is -5.84. The Bertz CT molecular complexity index is 205. The smallest absolute Gasteiger partial charge is 0.329 e. The molecule has 0 radical (unpaired) electrons. The molecular formula is C8H12F10O. The molecule has 0 aliphatic rings. The molecule has 1 nitrogen and oxygen atoms in total. The molecule has 1 aromatic rings.